The average Bonchev–Trinajstić information content (AvgIpc) is 2.68. The molecule has 3 rings (SSSR count). The molecule has 0 amide bonds. The van der Waals surface area contributed by atoms with Gasteiger partial charge in [-0.25, -0.2) is 0 Å². The molecule has 0 aliphatic carbocycles. The molecule has 3 nitrogen and oxygen atoms in total. The summed E-state index contributed by atoms with van der Waals surface area (Å²) in [7, 11) is 2.35. The lowest BCUT2D eigenvalue weighted by molar-refractivity contribution is 0.0942. The van der Waals surface area contributed by atoms with Gasteiger partial charge in [0.2, 0.25) is 0 Å². The van der Waals surface area contributed by atoms with E-state index in [0.717, 1.165) is 18.0 Å². The number of hydrogen-bond acceptors (Lipinski definition) is 3. The molecule has 1 N–H and O–H groups in total. The Hall–Kier alpha value is -0.120. The molecule has 0 aromatic heterocycles. The Labute approximate surface area is 125 Å². The summed E-state index contributed by atoms with van der Waals surface area (Å²) in [5.74, 6) is 0.856. The molecule has 2 bridgehead atoms. The highest BCUT2D eigenvalue weighted by molar-refractivity contribution is 4.93. The van der Waals surface area contributed by atoms with Crippen LogP contribution in [-0.4, -0.2) is 61.7 Å². The van der Waals surface area contributed by atoms with Crippen molar-refractivity contribution in [3.05, 3.63) is 0 Å². The zero-order valence-corrected chi connectivity index (χ0v) is 13.7. The second kappa shape index (κ2) is 5.94. The van der Waals surface area contributed by atoms with Gasteiger partial charge in [0.15, 0.2) is 0 Å². The molecule has 0 radical (unpaired) electrons. The lowest BCUT2D eigenvalue weighted by atomic mass is 9.74. The molecule has 0 saturated carbocycles. The minimum Gasteiger partial charge on any atom is -0.316 e. The van der Waals surface area contributed by atoms with Gasteiger partial charge in [0.05, 0.1) is 0 Å². The first-order chi connectivity index (χ1) is 9.56. The van der Waals surface area contributed by atoms with E-state index in [2.05, 4.69) is 36.0 Å². The Balaban J connectivity index is 1.59. The third kappa shape index (κ3) is 3.05. The molecule has 20 heavy (non-hydrogen) atoms. The molecule has 116 valence electrons. The van der Waals surface area contributed by atoms with Crippen LogP contribution >= 0.6 is 0 Å². The van der Waals surface area contributed by atoms with Crippen molar-refractivity contribution >= 4 is 0 Å². The molecular formula is C17H33N3. The van der Waals surface area contributed by atoms with Gasteiger partial charge in [0.1, 0.15) is 0 Å². The van der Waals surface area contributed by atoms with Gasteiger partial charge in [-0.2, -0.15) is 0 Å². The van der Waals surface area contributed by atoms with Crippen LogP contribution < -0.4 is 5.32 Å². The van der Waals surface area contributed by atoms with Crippen LogP contribution in [0.2, 0.25) is 0 Å². The van der Waals surface area contributed by atoms with Crippen molar-refractivity contribution in [2.24, 2.45) is 11.3 Å². The van der Waals surface area contributed by atoms with Crippen molar-refractivity contribution in [2.45, 2.75) is 58.0 Å². The molecule has 3 atom stereocenters. The third-order valence-corrected chi connectivity index (χ3v) is 6.27. The number of piperidine rings is 1. The molecule has 0 spiro atoms. The molecule has 3 saturated heterocycles. The lowest BCUT2D eigenvalue weighted by Gasteiger charge is -2.41. The van der Waals surface area contributed by atoms with E-state index in [1.165, 1.54) is 64.8 Å². The molecular weight excluding hydrogens is 246 g/mol. The van der Waals surface area contributed by atoms with Crippen molar-refractivity contribution in [1.29, 1.82) is 0 Å². The van der Waals surface area contributed by atoms with E-state index in [4.69, 9.17) is 0 Å². The van der Waals surface area contributed by atoms with E-state index < -0.39 is 0 Å². The zero-order chi connectivity index (χ0) is 14.2. The van der Waals surface area contributed by atoms with Gasteiger partial charge in [0, 0.05) is 25.2 Å². The van der Waals surface area contributed by atoms with E-state index in [0.29, 0.717) is 5.41 Å². The van der Waals surface area contributed by atoms with E-state index in [9.17, 15) is 0 Å². The van der Waals surface area contributed by atoms with E-state index in [-0.39, 0.29) is 0 Å². The highest BCUT2D eigenvalue weighted by Crippen LogP contribution is 2.35. The third-order valence-electron chi connectivity index (χ3n) is 6.27. The lowest BCUT2D eigenvalue weighted by Crippen LogP contribution is -2.46. The van der Waals surface area contributed by atoms with Gasteiger partial charge in [0.25, 0.3) is 0 Å². The summed E-state index contributed by atoms with van der Waals surface area (Å²) >= 11 is 0. The van der Waals surface area contributed by atoms with Crippen LogP contribution in [0.5, 0.6) is 0 Å². The van der Waals surface area contributed by atoms with Crippen molar-refractivity contribution < 1.29 is 0 Å². The average molecular weight is 279 g/mol. The van der Waals surface area contributed by atoms with Crippen molar-refractivity contribution in [3.8, 4) is 0 Å². The van der Waals surface area contributed by atoms with Crippen molar-refractivity contribution in [3.63, 3.8) is 0 Å². The first-order valence-corrected chi connectivity index (χ1v) is 8.71. The van der Waals surface area contributed by atoms with Crippen LogP contribution in [0.25, 0.3) is 0 Å². The molecule has 3 aliphatic heterocycles. The number of likely N-dealkylation sites (N-methyl/N-ethyl adjacent to an activating group) is 1. The number of hydrogen-bond donors (Lipinski definition) is 1. The fourth-order valence-corrected chi connectivity index (χ4v) is 4.75. The second-order valence-electron chi connectivity index (χ2n) is 8.11. The van der Waals surface area contributed by atoms with Crippen LogP contribution in [-0.2, 0) is 0 Å². The van der Waals surface area contributed by atoms with E-state index >= 15 is 0 Å². The number of rotatable bonds is 3. The minimum absolute atomic E-state index is 0.454. The summed E-state index contributed by atoms with van der Waals surface area (Å²) in [6, 6.07) is 1.69. The molecule has 0 aromatic rings. The SMILES string of the molecule is CN1C2CCC1CN(CC(C)(C)C1CCCNC1)CC2. The van der Waals surface area contributed by atoms with Crippen LogP contribution in [0.3, 0.4) is 0 Å². The maximum Gasteiger partial charge on any atom is 0.0223 e. The highest BCUT2D eigenvalue weighted by atomic mass is 15.3. The van der Waals surface area contributed by atoms with Gasteiger partial charge in [-0.05, 0) is 70.1 Å². The van der Waals surface area contributed by atoms with Crippen LogP contribution in [0.15, 0.2) is 0 Å². The fraction of sp³-hybridized carbons (Fsp3) is 1.00. The maximum atomic E-state index is 3.60. The quantitative estimate of drug-likeness (QED) is 0.854. The number of nitrogens with zero attached hydrogens (tertiary/aromatic N) is 2. The molecule has 3 fully saturated rings. The summed E-state index contributed by atoms with van der Waals surface area (Å²) in [5.41, 5.74) is 0.454. The summed E-state index contributed by atoms with van der Waals surface area (Å²) in [4.78, 5) is 5.43. The standard InChI is InChI=1S/C17H33N3/c1-17(2,14-5-4-9-18-11-14)13-20-10-8-15-6-7-16(12-20)19(15)3/h14-16,18H,4-13H2,1-3H3. The summed E-state index contributed by atoms with van der Waals surface area (Å²) in [6.07, 6.45) is 7.02. The van der Waals surface area contributed by atoms with Crippen LogP contribution in [0.1, 0.15) is 46.0 Å². The Bertz CT molecular complexity index is 322. The smallest absolute Gasteiger partial charge is 0.0223 e. The molecule has 3 unspecified atom stereocenters. The van der Waals surface area contributed by atoms with E-state index in [1.807, 2.05) is 0 Å². The Morgan fingerprint density at radius 3 is 2.65 bits per heavy atom. The highest BCUT2D eigenvalue weighted by Gasteiger charge is 2.38. The van der Waals surface area contributed by atoms with Crippen molar-refractivity contribution in [1.82, 2.24) is 15.1 Å². The largest absolute Gasteiger partial charge is 0.316 e. The minimum atomic E-state index is 0.454. The van der Waals surface area contributed by atoms with E-state index in [1.54, 1.807) is 0 Å². The predicted molar refractivity (Wildman–Crippen MR) is 85.0 cm³/mol. The molecule has 0 aromatic carbocycles. The number of likely N-dealkylation sites (tertiary alicyclic amines) is 1. The topological polar surface area (TPSA) is 18.5 Å². The normalized spacial score (nSPS) is 37.0. The van der Waals surface area contributed by atoms with Gasteiger partial charge < -0.3 is 10.2 Å². The van der Waals surface area contributed by atoms with Crippen molar-refractivity contribution in [2.75, 3.05) is 39.8 Å². The summed E-state index contributed by atoms with van der Waals surface area (Å²) in [6.45, 7) is 11.4. The Morgan fingerprint density at radius 1 is 1.10 bits per heavy atom. The Kier molecular flexibility index (Phi) is 4.40. The monoisotopic (exact) mass is 279 g/mol. The first-order valence-electron chi connectivity index (χ1n) is 8.71. The first kappa shape index (κ1) is 14.8. The number of fused-ring (bicyclic) bond motifs is 2. The maximum absolute atomic E-state index is 3.60. The van der Waals surface area contributed by atoms with Gasteiger partial charge in [-0.3, -0.25) is 4.90 Å². The number of nitrogens with one attached hydrogen (secondary N) is 1. The van der Waals surface area contributed by atoms with Crippen LogP contribution in [0.4, 0.5) is 0 Å². The van der Waals surface area contributed by atoms with Gasteiger partial charge in [-0.1, -0.05) is 13.8 Å². The summed E-state index contributed by atoms with van der Waals surface area (Å²) in [5, 5.41) is 3.60. The summed E-state index contributed by atoms with van der Waals surface area (Å²) < 4.78 is 0. The molecule has 3 heteroatoms. The Morgan fingerprint density at radius 2 is 1.90 bits per heavy atom. The predicted octanol–water partition coefficient (Wildman–Crippen LogP) is 2.18. The van der Waals surface area contributed by atoms with Crippen LogP contribution in [0, 0.1) is 11.3 Å². The van der Waals surface area contributed by atoms with Gasteiger partial charge in [-0.15, -0.1) is 0 Å². The van der Waals surface area contributed by atoms with Gasteiger partial charge >= 0.3 is 0 Å². The molecule has 3 heterocycles. The molecule has 3 aliphatic rings. The fourth-order valence-electron chi connectivity index (χ4n) is 4.75. The zero-order valence-electron chi connectivity index (χ0n) is 13.7. The second-order valence-corrected chi connectivity index (χ2v) is 8.11.